The minimum absolute atomic E-state index is 0.508. The molecule has 1 aromatic heterocycles. The Bertz CT molecular complexity index is 352. The lowest BCUT2D eigenvalue weighted by Gasteiger charge is -2.56. The fraction of sp³-hybridized carbons (Fsp3) is 0.833. The summed E-state index contributed by atoms with van der Waals surface area (Å²) in [4.78, 5) is 4.29. The van der Waals surface area contributed by atoms with Crippen molar-refractivity contribution in [1.29, 1.82) is 0 Å². The van der Waals surface area contributed by atoms with E-state index < -0.39 is 0 Å². The first-order valence-electron chi connectivity index (χ1n) is 6.36. The molecule has 0 radical (unpaired) electrons. The van der Waals surface area contributed by atoms with Gasteiger partial charge in [0.1, 0.15) is 6.33 Å². The molecule has 1 heterocycles. The highest BCUT2D eigenvalue weighted by molar-refractivity contribution is 8.00. The number of hydrogen-bond acceptors (Lipinski definition) is 3. The topological polar surface area (TPSA) is 41.6 Å². The zero-order valence-corrected chi connectivity index (χ0v) is 10.2. The maximum Gasteiger partial charge on any atom is 0.183 e. The zero-order chi connectivity index (χ0) is 10.6. The molecule has 4 heteroatoms. The van der Waals surface area contributed by atoms with E-state index in [2.05, 4.69) is 15.2 Å². The summed E-state index contributed by atoms with van der Waals surface area (Å²) < 4.78 is 0.508. The molecule has 0 aromatic carbocycles. The summed E-state index contributed by atoms with van der Waals surface area (Å²) >= 11 is 1.98. The van der Waals surface area contributed by atoms with Crippen LogP contribution in [-0.2, 0) is 0 Å². The van der Waals surface area contributed by atoms with Crippen molar-refractivity contribution < 1.29 is 0 Å². The van der Waals surface area contributed by atoms with Crippen LogP contribution in [0.4, 0.5) is 0 Å². The molecule has 1 aromatic rings. The molecule has 16 heavy (non-hydrogen) atoms. The summed E-state index contributed by atoms with van der Waals surface area (Å²) in [6.45, 7) is 0. The van der Waals surface area contributed by atoms with Gasteiger partial charge in [-0.1, -0.05) is 11.8 Å². The number of nitrogens with one attached hydrogen (secondary N) is 1. The molecular formula is C12H17N3S. The quantitative estimate of drug-likeness (QED) is 0.857. The molecular weight excluding hydrogens is 218 g/mol. The molecule has 4 aliphatic carbocycles. The molecule has 4 saturated carbocycles. The summed E-state index contributed by atoms with van der Waals surface area (Å²) in [5.74, 6) is 3.05. The molecule has 4 fully saturated rings. The molecule has 0 unspecified atom stereocenters. The third-order valence-electron chi connectivity index (χ3n) is 4.69. The van der Waals surface area contributed by atoms with E-state index in [-0.39, 0.29) is 0 Å². The Balaban J connectivity index is 1.62. The standard InChI is InChI=1S/C12H17N3S/c1-8-2-10-3-9(1)5-12(4-8,6-10)16-11-13-7-14-15-11/h7-10H,1-6H2,(H,13,14,15). The molecule has 1 N–H and O–H groups in total. The summed E-state index contributed by atoms with van der Waals surface area (Å²) in [5, 5.41) is 8.01. The fourth-order valence-corrected chi connectivity index (χ4v) is 6.17. The molecule has 4 bridgehead atoms. The number of rotatable bonds is 2. The van der Waals surface area contributed by atoms with Gasteiger partial charge in [0.2, 0.25) is 0 Å². The number of nitrogens with zero attached hydrogens (tertiary/aromatic N) is 2. The van der Waals surface area contributed by atoms with Gasteiger partial charge in [0.05, 0.1) is 0 Å². The van der Waals surface area contributed by atoms with E-state index in [1.54, 1.807) is 6.33 Å². The molecule has 4 aliphatic rings. The van der Waals surface area contributed by atoms with Crippen LogP contribution < -0.4 is 0 Å². The maximum atomic E-state index is 4.29. The normalized spacial score (nSPS) is 45.1. The second kappa shape index (κ2) is 3.25. The zero-order valence-electron chi connectivity index (χ0n) is 9.35. The highest BCUT2D eigenvalue weighted by Crippen LogP contribution is 2.61. The monoisotopic (exact) mass is 235 g/mol. The highest BCUT2D eigenvalue weighted by atomic mass is 32.2. The lowest BCUT2D eigenvalue weighted by atomic mass is 9.56. The van der Waals surface area contributed by atoms with E-state index in [0.29, 0.717) is 4.75 Å². The molecule has 0 amide bonds. The van der Waals surface area contributed by atoms with Crippen LogP contribution in [0.2, 0.25) is 0 Å². The first-order valence-corrected chi connectivity index (χ1v) is 7.17. The summed E-state index contributed by atoms with van der Waals surface area (Å²) in [6.07, 6.45) is 10.4. The second-order valence-electron chi connectivity index (χ2n) is 5.99. The van der Waals surface area contributed by atoms with E-state index in [1.165, 1.54) is 38.5 Å². The van der Waals surface area contributed by atoms with Crippen LogP contribution in [0.15, 0.2) is 11.5 Å². The lowest BCUT2D eigenvalue weighted by molar-refractivity contribution is 0.0382. The number of H-pyrrole nitrogens is 1. The predicted octanol–water partition coefficient (Wildman–Crippen LogP) is 2.87. The first kappa shape index (κ1) is 9.51. The van der Waals surface area contributed by atoms with Gasteiger partial charge in [-0.25, -0.2) is 4.98 Å². The smallest absolute Gasteiger partial charge is 0.183 e. The van der Waals surface area contributed by atoms with E-state index >= 15 is 0 Å². The van der Waals surface area contributed by atoms with Crippen LogP contribution in [-0.4, -0.2) is 19.9 Å². The summed E-state index contributed by atoms with van der Waals surface area (Å²) in [7, 11) is 0. The highest BCUT2D eigenvalue weighted by Gasteiger charge is 2.51. The average Bonchev–Trinajstić information content (AvgIpc) is 2.66. The predicted molar refractivity (Wildman–Crippen MR) is 63.1 cm³/mol. The largest absolute Gasteiger partial charge is 0.254 e. The Morgan fingerprint density at radius 3 is 2.25 bits per heavy atom. The van der Waals surface area contributed by atoms with Crippen LogP contribution in [0.25, 0.3) is 0 Å². The van der Waals surface area contributed by atoms with E-state index in [4.69, 9.17) is 0 Å². The fourth-order valence-electron chi connectivity index (χ4n) is 4.60. The Hall–Kier alpha value is -0.510. The van der Waals surface area contributed by atoms with Crippen LogP contribution >= 0.6 is 11.8 Å². The van der Waals surface area contributed by atoms with Crippen molar-refractivity contribution in [3.8, 4) is 0 Å². The molecule has 0 saturated heterocycles. The van der Waals surface area contributed by atoms with Gasteiger partial charge >= 0.3 is 0 Å². The lowest BCUT2D eigenvalue weighted by Crippen LogP contribution is -2.48. The van der Waals surface area contributed by atoms with Gasteiger partial charge < -0.3 is 0 Å². The van der Waals surface area contributed by atoms with Crippen LogP contribution in [0, 0.1) is 17.8 Å². The van der Waals surface area contributed by atoms with Gasteiger partial charge in [0.25, 0.3) is 0 Å². The second-order valence-corrected chi connectivity index (χ2v) is 7.45. The summed E-state index contributed by atoms with van der Waals surface area (Å²) in [5.41, 5.74) is 0. The number of hydrogen-bond donors (Lipinski definition) is 1. The van der Waals surface area contributed by atoms with Gasteiger partial charge in [-0.05, 0) is 56.3 Å². The van der Waals surface area contributed by atoms with Crippen molar-refractivity contribution in [2.75, 3.05) is 0 Å². The van der Waals surface area contributed by atoms with Crippen molar-refractivity contribution in [3.63, 3.8) is 0 Å². The number of aromatic nitrogens is 3. The van der Waals surface area contributed by atoms with Gasteiger partial charge in [-0.2, -0.15) is 5.10 Å². The molecule has 86 valence electrons. The Morgan fingerprint density at radius 1 is 1.12 bits per heavy atom. The van der Waals surface area contributed by atoms with E-state index in [0.717, 1.165) is 22.9 Å². The van der Waals surface area contributed by atoms with Gasteiger partial charge in [-0.3, -0.25) is 5.10 Å². The van der Waals surface area contributed by atoms with Crippen molar-refractivity contribution in [3.05, 3.63) is 6.33 Å². The Morgan fingerprint density at radius 2 is 1.75 bits per heavy atom. The number of aromatic amines is 1. The van der Waals surface area contributed by atoms with Gasteiger partial charge in [0.15, 0.2) is 5.16 Å². The SMILES string of the molecule is c1n[nH]c(SC23CC4CC(CC(C4)C2)C3)n1. The van der Waals surface area contributed by atoms with E-state index in [9.17, 15) is 0 Å². The van der Waals surface area contributed by atoms with Gasteiger partial charge in [-0.15, -0.1) is 0 Å². The Kier molecular flexibility index (Phi) is 1.93. The van der Waals surface area contributed by atoms with Crippen LogP contribution in [0.3, 0.4) is 0 Å². The average molecular weight is 235 g/mol. The van der Waals surface area contributed by atoms with Crippen molar-refractivity contribution in [2.45, 2.75) is 48.4 Å². The number of thioether (sulfide) groups is 1. The van der Waals surface area contributed by atoms with Crippen molar-refractivity contribution in [1.82, 2.24) is 15.2 Å². The van der Waals surface area contributed by atoms with Gasteiger partial charge in [0, 0.05) is 4.75 Å². The molecule has 5 rings (SSSR count). The first-order chi connectivity index (χ1) is 7.81. The minimum Gasteiger partial charge on any atom is -0.254 e. The molecule has 0 atom stereocenters. The third-order valence-corrected chi connectivity index (χ3v) is 6.01. The Labute approximate surface area is 99.8 Å². The van der Waals surface area contributed by atoms with Crippen LogP contribution in [0.5, 0.6) is 0 Å². The molecule has 0 spiro atoms. The summed E-state index contributed by atoms with van der Waals surface area (Å²) in [6, 6.07) is 0. The van der Waals surface area contributed by atoms with Crippen molar-refractivity contribution in [2.24, 2.45) is 17.8 Å². The maximum absolute atomic E-state index is 4.29. The van der Waals surface area contributed by atoms with Crippen LogP contribution in [0.1, 0.15) is 38.5 Å². The van der Waals surface area contributed by atoms with Crippen molar-refractivity contribution >= 4 is 11.8 Å². The van der Waals surface area contributed by atoms with E-state index in [1.807, 2.05) is 11.8 Å². The minimum atomic E-state index is 0.508. The third kappa shape index (κ3) is 1.42. The molecule has 3 nitrogen and oxygen atoms in total. The molecule has 0 aliphatic heterocycles.